The first-order valence-electron chi connectivity index (χ1n) is 6.16. The first kappa shape index (κ1) is 15.7. The summed E-state index contributed by atoms with van der Waals surface area (Å²) in [4.78, 5) is 34.9. The number of nitrogens with one attached hydrogen (secondary N) is 1. The van der Waals surface area contributed by atoms with E-state index in [9.17, 15) is 14.4 Å². The van der Waals surface area contributed by atoms with Crippen molar-refractivity contribution in [3.05, 3.63) is 35.4 Å². The molecule has 0 saturated carbocycles. The molecule has 0 spiro atoms. The molecule has 1 rings (SSSR count). The van der Waals surface area contributed by atoms with Gasteiger partial charge in [0.1, 0.15) is 6.04 Å². The lowest BCUT2D eigenvalue weighted by molar-refractivity contribution is -0.141. The summed E-state index contributed by atoms with van der Waals surface area (Å²) in [6.45, 7) is 3.27. The number of amides is 2. The van der Waals surface area contributed by atoms with Crippen molar-refractivity contribution in [2.24, 2.45) is 0 Å². The summed E-state index contributed by atoms with van der Waals surface area (Å²) < 4.78 is 0. The predicted octanol–water partition coefficient (Wildman–Crippen LogP) is 0.868. The second-order valence-electron chi connectivity index (χ2n) is 4.54. The molecule has 1 unspecified atom stereocenters. The lowest BCUT2D eigenvalue weighted by Crippen LogP contribution is -2.40. The summed E-state index contributed by atoms with van der Waals surface area (Å²) in [6.07, 6.45) is 0. The lowest BCUT2D eigenvalue weighted by Gasteiger charge is -2.21. The second kappa shape index (κ2) is 6.70. The van der Waals surface area contributed by atoms with Crippen LogP contribution in [0.3, 0.4) is 0 Å². The summed E-state index contributed by atoms with van der Waals surface area (Å²) in [7, 11) is 1.45. The first-order valence-corrected chi connectivity index (χ1v) is 6.16. The zero-order valence-electron chi connectivity index (χ0n) is 11.7. The Hall–Kier alpha value is -2.37. The molecule has 0 aliphatic heterocycles. The van der Waals surface area contributed by atoms with Crippen molar-refractivity contribution >= 4 is 17.8 Å². The molecule has 2 amide bonds. The number of carbonyl (C=O) groups excluding carboxylic acids is 2. The van der Waals surface area contributed by atoms with Gasteiger partial charge in [0.05, 0.1) is 0 Å². The number of aliphatic carboxylic acids is 1. The van der Waals surface area contributed by atoms with Crippen LogP contribution in [0.25, 0.3) is 0 Å². The Balaban J connectivity index is 2.75. The Bertz CT molecular complexity index is 510. The average Bonchev–Trinajstić information content (AvgIpc) is 2.43. The fourth-order valence-electron chi connectivity index (χ4n) is 1.54. The van der Waals surface area contributed by atoms with Crippen LogP contribution in [0, 0.1) is 0 Å². The van der Waals surface area contributed by atoms with E-state index in [0.717, 1.165) is 5.56 Å². The van der Waals surface area contributed by atoms with Crippen molar-refractivity contribution in [2.75, 3.05) is 7.05 Å². The highest BCUT2D eigenvalue weighted by Crippen LogP contribution is 2.09. The smallest absolute Gasteiger partial charge is 0.326 e. The zero-order chi connectivity index (χ0) is 15.3. The number of carbonyl (C=O) groups is 3. The number of nitrogens with zero attached hydrogens (tertiary/aromatic N) is 1. The first-order chi connectivity index (χ1) is 9.32. The highest BCUT2D eigenvalue weighted by molar-refractivity contribution is 5.96. The Kier molecular flexibility index (Phi) is 5.25. The van der Waals surface area contributed by atoms with Gasteiger partial charge in [-0.05, 0) is 24.6 Å². The molecule has 0 heterocycles. The fraction of sp³-hybridized carbons (Fsp3) is 0.357. The van der Waals surface area contributed by atoms with E-state index in [1.54, 1.807) is 24.3 Å². The van der Waals surface area contributed by atoms with Crippen LogP contribution in [-0.2, 0) is 16.1 Å². The van der Waals surface area contributed by atoms with Crippen LogP contribution in [0.2, 0.25) is 0 Å². The molecule has 0 aliphatic rings. The Morgan fingerprint density at radius 1 is 1.25 bits per heavy atom. The minimum absolute atomic E-state index is 0.125. The zero-order valence-corrected chi connectivity index (χ0v) is 11.7. The number of hydrogen-bond donors (Lipinski definition) is 2. The SMILES string of the molecule is CC(=O)NCc1ccc(C(=O)N(C)C(C)C(=O)O)cc1. The van der Waals surface area contributed by atoms with Crippen molar-refractivity contribution in [2.45, 2.75) is 26.4 Å². The largest absolute Gasteiger partial charge is 0.480 e. The molecule has 0 aromatic heterocycles. The summed E-state index contributed by atoms with van der Waals surface area (Å²) in [5.74, 6) is -1.53. The van der Waals surface area contributed by atoms with E-state index in [2.05, 4.69) is 5.32 Å². The number of hydrogen-bond acceptors (Lipinski definition) is 3. The van der Waals surface area contributed by atoms with Gasteiger partial charge in [-0.15, -0.1) is 0 Å². The number of carboxylic acid groups (broad SMARTS) is 1. The van der Waals surface area contributed by atoms with E-state index in [1.807, 2.05) is 0 Å². The van der Waals surface area contributed by atoms with Crippen molar-refractivity contribution < 1.29 is 19.5 Å². The van der Waals surface area contributed by atoms with E-state index in [1.165, 1.54) is 25.8 Å². The van der Waals surface area contributed by atoms with Crippen molar-refractivity contribution in [1.82, 2.24) is 10.2 Å². The third-order valence-corrected chi connectivity index (χ3v) is 3.00. The fourth-order valence-corrected chi connectivity index (χ4v) is 1.54. The molecule has 1 atom stereocenters. The van der Waals surface area contributed by atoms with Gasteiger partial charge in [0.2, 0.25) is 5.91 Å². The average molecular weight is 278 g/mol. The Morgan fingerprint density at radius 2 is 1.80 bits per heavy atom. The van der Waals surface area contributed by atoms with Gasteiger partial charge in [-0.1, -0.05) is 12.1 Å². The van der Waals surface area contributed by atoms with Crippen LogP contribution in [0.1, 0.15) is 29.8 Å². The summed E-state index contributed by atoms with van der Waals surface area (Å²) in [5.41, 5.74) is 1.28. The minimum atomic E-state index is -1.05. The van der Waals surface area contributed by atoms with Crippen LogP contribution in [0.4, 0.5) is 0 Å². The maximum absolute atomic E-state index is 12.1. The molecule has 1 aromatic carbocycles. The summed E-state index contributed by atoms with van der Waals surface area (Å²) in [5, 5.41) is 11.5. The molecule has 0 radical (unpaired) electrons. The van der Waals surface area contributed by atoms with Gasteiger partial charge in [-0.25, -0.2) is 4.79 Å². The molecule has 6 heteroatoms. The van der Waals surface area contributed by atoms with Crippen molar-refractivity contribution in [1.29, 1.82) is 0 Å². The van der Waals surface area contributed by atoms with Crippen LogP contribution in [0.15, 0.2) is 24.3 Å². The Morgan fingerprint density at radius 3 is 2.25 bits per heavy atom. The number of rotatable bonds is 5. The third-order valence-electron chi connectivity index (χ3n) is 3.00. The van der Waals surface area contributed by atoms with Crippen LogP contribution >= 0.6 is 0 Å². The molecule has 2 N–H and O–H groups in total. The van der Waals surface area contributed by atoms with Gasteiger partial charge < -0.3 is 15.3 Å². The molecular formula is C14H18N2O4. The van der Waals surface area contributed by atoms with E-state index in [0.29, 0.717) is 12.1 Å². The van der Waals surface area contributed by atoms with Gasteiger partial charge in [0, 0.05) is 26.1 Å². The van der Waals surface area contributed by atoms with Gasteiger partial charge in [0.15, 0.2) is 0 Å². The topological polar surface area (TPSA) is 86.7 Å². The molecule has 0 saturated heterocycles. The summed E-state index contributed by atoms with van der Waals surface area (Å²) >= 11 is 0. The molecule has 0 aliphatic carbocycles. The quantitative estimate of drug-likeness (QED) is 0.836. The van der Waals surface area contributed by atoms with E-state index in [-0.39, 0.29) is 11.8 Å². The Labute approximate surface area is 117 Å². The van der Waals surface area contributed by atoms with Crippen LogP contribution in [-0.4, -0.2) is 40.9 Å². The molecule has 0 fully saturated rings. The molecule has 0 bridgehead atoms. The third kappa shape index (κ3) is 4.08. The van der Waals surface area contributed by atoms with E-state index in [4.69, 9.17) is 5.11 Å². The number of carboxylic acids is 1. The van der Waals surface area contributed by atoms with Crippen molar-refractivity contribution in [3.63, 3.8) is 0 Å². The second-order valence-corrected chi connectivity index (χ2v) is 4.54. The monoisotopic (exact) mass is 278 g/mol. The minimum Gasteiger partial charge on any atom is -0.480 e. The van der Waals surface area contributed by atoms with Crippen LogP contribution < -0.4 is 5.32 Å². The predicted molar refractivity (Wildman–Crippen MR) is 73.2 cm³/mol. The standard InChI is InChI=1S/C14H18N2O4/c1-9(14(19)20)16(3)13(18)12-6-4-11(5-7-12)8-15-10(2)17/h4-7,9H,8H2,1-3H3,(H,15,17)(H,19,20). The molecule has 20 heavy (non-hydrogen) atoms. The molecular weight excluding hydrogens is 260 g/mol. The van der Waals surface area contributed by atoms with Crippen LogP contribution in [0.5, 0.6) is 0 Å². The van der Waals surface area contributed by atoms with Gasteiger partial charge >= 0.3 is 5.97 Å². The van der Waals surface area contributed by atoms with Gasteiger partial charge in [0.25, 0.3) is 5.91 Å². The van der Waals surface area contributed by atoms with Gasteiger partial charge in [-0.2, -0.15) is 0 Å². The highest BCUT2D eigenvalue weighted by Gasteiger charge is 2.22. The van der Waals surface area contributed by atoms with E-state index < -0.39 is 12.0 Å². The number of likely N-dealkylation sites (N-methyl/N-ethyl adjacent to an activating group) is 1. The lowest BCUT2D eigenvalue weighted by atomic mass is 10.1. The molecule has 6 nitrogen and oxygen atoms in total. The van der Waals surface area contributed by atoms with Crippen molar-refractivity contribution in [3.8, 4) is 0 Å². The maximum atomic E-state index is 12.1. The highest BCUT2D eigenvalue weighted by atomic mass is 16.4. The van der Waals surface area contributed by atoms with Gasteiger partial charge in [-0.3, -0.25) is 9.59 Å². The van der Waals surface area contributed by atoms with E-state index >= 15 is 0 Å². The number of benzene rings is 1. The molecule has 1 aromatic rings. The maximum Gasteiger partial charge on any atom is 0.326 e. The summed E-state index contributed by atoms with van der Waals surface area (Å²) in [6, 6.07) is 5.79. The molecule has 108 valence electrons. The normalized spacial score (nSPS) is 11.6.